The number of carbonyl (C=O) groups is 2. The van der Waals surface area contributed by atoms with Gasteiger partial charge < -0.3 is 15.3 Å². The Balaban J connectivity index is 3.03. The van der Waals surface area contributed by atoms with Gasteiger partial charge in [0.2, 0.25) is 5.91 Å². The number of hydrogen-bond donors (Lipinski definition) is 2. The highest BCUT2D eigenvalue weighted by molar-refractivity contribution is 5.97. The maximum atomic E-state index is 11.9. The van der Waals surface area contributed by atoms with E-state index in [1.807, 2.05) is 13.8 Å². The molecule has 0 aliphatic heterocycles. The zero-order chi connectivity index (χ0) is 16.0. The Hall–Kier alpha value is -2.64. The smallest absolute Gasteiger partial charge is 0.338 e. The van der Waals surface area contributed by atoms with Crippen LogP contribution in [0.25, 0.3) is 0 Å². The molecule has 0 unspecified atom stereocenters. The third-order valence-corrected chi connectivity index (χ3v) is 3.00. The molecule has 0 aliphatic carbocycles. The van der Waals surface area contributed by atoms with Gasteiger partial charge in [-0.3, -0.25) is 14.9 Å². The van der Waals surface area contributed by atoms with E-state index in [-0.39, 0.29) is 29.4 Å². The number of rotatable bonds is 7. The molecule has 0 saturated heterocycles. The monoisotopic (exact) mass is 295 g/mol. The van der Waals surface area contributed by atoms with Crippen molar-refractivity contribution in [2.75, 3.05) is 25.0 Å². The van der Waals surface area contributed by atoms with Crippen molar-refractivity contribution in [3.8, 4) is 0 Å². The van der Waals surface area contributed by atoms with Crippen LogP contribution in [0.1, 0.15) is 24.2 Å². The molecule has 1 aromatic carbocycles. The molecule has 0 atom stereocenters. The molecular formula is C13H17N3O5. The molecule has 0 aromatic heterocycles. The quantitative estimate of drug-likeness (QED) is 0.583. The number of para-hydroxylation sites is 1. The molecule has 114 valence electrons. The number of likely N-dealkylation sites (N-methyl/N-ethyl adjacent to an activating group) is 1. The number of nitro benzene ring substituents is 1. The van der Waals surface area contributed by atoms with E-state index in [1.54, 1.807) is 4.90 Å². The van der Waals surface area contributed by atoms with Gasteiger partial charge in [-0.1, -0.05) is 6.07 Å². The van der Waals surface area contributed by atoms with E-state index in [1.165, 1.54) is 18.2 Å². The molecule has 0 saturated carbocycles. The molecule has 0 spiro atoms. The van der Waals surface area contributed by atoms with Crippen LogP contribution in [0.2, 0.25) is 0 Å². The fourth-order valence-electron chi connectivity index (χ4n) is 1.91. The van der Waals surface area contributed by atoms with Crippen LogP contribution < -0.4 is 5.32 Å². The molecule has 0 heterocycles. The lowest BCUT2D eigenvalue weighted by atomic mass is 10.1. The van der Waals surface area contributed by atoms with Crippen molar-refractivity contribution in [1.29, 1.82) is 0 Å². The Kier molecular flexibility index (Phi) is 5.65. The average molecular weight is 295 g/mol. The number of hydrogen-bond acceptors (Lipinski definition) is 5. The van der Waals surface area contributed by atoms with E-state index in [2.05, 4.69) is 5.32 Å². The minimum atomic E-state index is -1.29. The number of amides is 1. The summed E-state index contributed by atoms with van der Waals surface area (Å²) in [4.78, 5) is 34.8. The zero-order valence-corrected chi connectivity index (χ0v) is 11.8. The minimum Gasteiger partial charge on any atom is -0.478 e. The summed E-state index contributed by atoms with van der Waals surface area (Å²) < 4.78 is 0. The molecule has 8 heteroatoms. The third-order valence-electron chi connectivity index (χ3n) is 3.00. The van der Waals surface area contributed by atoms with Gasteiger partial charge in [-0.25, -0.2) is 4.79 Å². The van der Waals surface area contributed by atoms with Crippen molar-refractivity contribution in [2.24, 2.45) is 0 Å². The molecule has 0 bridgehead atoms. The summed E-state index contributed by atoms with van der Waals surface area (Å²) in [5.41, 5.74) is -0.769. The molecule has 2 N–H and O–H groups in total. The van der Waals surface area contributed by atoms with Crippen LogP contribution in [-0.4, -0.2) is 46.4 Å². The Morgan fingerprint density at radius 2 is 1.95 bits per heavy atom. The van der Waals surface area contributed by atoms with Crippen molar-refractivity contribution in [3.05, 3.63) is 33.9 Å². The maximum Gasteiger partial charge on any atom is 0.338 e. The Labute approximate surface area is 121 Å². The fourth-order valence-corrected chi connectivity index (χ4v) is 1.91. The van der Waals surface area contributed by atoms with Gasteiger partial charge in [0, 0.05) is 19.2 Å². The molecule has 0 fully saturated rings. The molecule has 1 aromatic rings. The van der Waals surface area contributed by atoms with Crippen LogP contribution in [0.3, 0.4) is 0 Å². The highest BCUT2D eigenvalue weighted by atomic mass is 16.6. The summed E-state index contributed by atoms with van der Waals surface area (Å²) in [7, 11) is 0. The fraction of sp³-hybridized carbons (Fsp3) is 0.385. The molecule has 0 radical (unpaired) electrons. The number of aromatic carboxylic acids is 1. The van der Waals surface area contributed by atoms with Crippen molar-refractivity contribution in [2.45, 2.75) is 13.8 Å². The number of carboxylic acid groups (broad SMARTS) is 1. The topological polar surface area (TPSA) is 113 Å². The summed E-state index contributed by atoms with van der Waals surface area (Å²) in [5.74, 6) is -1.55. The number of nitrogens with zero attached hydrogens (tertiary/aromatic N) is 2. The van der Waals surface area contributed by atoms with E-state index >= 15 is 0 Å². The average Bonchev–Trinajstić information content (AvgIpc) is 2.45. The van der Waals surface area contributed by atoms with E-state index in [0.717, 1.165) is 0 Å². The molecule has 0 aliphatic rings. The maximum absolute atomic E-state index is 11.9. The van der Waals surface area contributed by atoms with Gasteiger partial charge >= 0.3 is 5.97 Å². The lowest BCUT2D eigenvalue weighted by Gasteiger charge is -2.19. The van der Waals surface area contributed by atoms with Gasteiger partial charge in [-0.15, -0.1) is 0 Å². The highest BCUT2D eigenvalue weighted by Crippen LogP contribution is 2.28. The zero-order valence-electron chi connectivity index (χ0n) is 11.8. The standard InChI is InChI=1S/C13H17N3O5/c1-3-15(4-2)11(17)8-14-12-9(13(18)19)6-5-7-10(12)16(20)21/h5-7,14H,3-4,8H2,1-2H3,(H,18,19). The molecule has 1 rings (SSSR count). The second-order valence-corrected chi connectivity index (χ2v) is 4.18. The normalized spacial score (nSPS) is 10.0. The first-order valence-corrected chi connectivity index (χ1v) is 6.44. The summed E-state index contributed by atoms with van der Waals surface area (Å²) in [6, 6.07) is 3.73. The first-order chi connectivity index (χ1) is 9.92. The number of carboxylic acids is 1. The van der Waals surface area contributed by atoms with Crippen LogP contribution in [0, 0.1) is 10.1 Å². The number of nitro groups is 1. The Morgan fingerprint density at radius 1 is 1.33 bits per heavy atom. The summed E-state index contributed by atoms with van der Waals surface area (Å²) in [5, 5.41) is 22.6. The number of benzene rings is 1. The summed E-state index contributed by atoms with van der Waals surface area (Å²) in [6.45, 7) is 4.45. The minimum absolute atomic E-state index is 0.157. The number of nitrogens with one attached hydrogen (secondary N) is 1. The Morgan fingerprint density at radius 3 is 2.43 bits per heavy atom. The predicted octanol–water partition coefficient (Wildman–Crippen LogP) is 1.57. The van der Waals surface area contributed by atoms with E-state index in [0.29, 0.717) is 13.1 Å². The van der Waals surface area contributed by atoms with Crippen molar-refractivity contribution in [3.63, 3.8) is 0 Å². The van der Waals surface area contributed by atoms with Gasteiger partial charge in [0.15, 0.2) is 0 Å². The number of anilines is 1. The van der Waals surface area contributed by atoms with E-state index in [4.69, 9.17) is 5.11 Å². The first kappa shape index (κ1) is 16.4. The molecular weight excluding hydrogens is 278 g/mol. The van der Waals surface area contributed by atoms with Gasteiger partial charge in [-0.05, 0) is 19.9 Å². The second kappa shape index (κ2) is 7.22. The van der Waals surface area contributed by atoms with Gasteiger partial charge in [0.05, 0.1) is 17.0 Å². The molecule has 8 nitrogen and oxygen atoms in total. The second-order valence-electron chi connectivity index (χ2n) is 4.18. The summed E-state index contributed by atoms with van der Waals surface area (Å²) in [6.07, 6.45) is 0. The predicted molar refractivity (Wildman–Crippen MR) is 76.5 cm³/mol. The van der Waals surface area contributed by atoms with Crippen LogP contribution in [0.15, 0.2) is 18.2 Å². The molecule has 1 amide bonds. The van der Waals surface area contributed by atoms with Crippen molar-refractivity contribution in [1.82, 2.24) is 4.90 Å². The van der Waals surface area contributed by atoms with Crippen molar-refractivity contribution < 1.29 is 19.6 Å². The SMILES string of the molecule is CCN(CC)C(=O)CNc1c(C(=O)O)cccc1[N+](=O)[O-]. The van der Waals surface area contributed by atoms with Gasteiger partial charge in [0.1, 0.15) is 5.69 Å². The van der Waals surface area contributed by atoms with Crippen LogP contribution in [0.5, 0.6) is 0 Å². The van der Waals surface area contributed by atoms with Crippen LogP contribution >= 0.6 is 0 Å². The lowest BCUT2D eigenvalue weighted by molar-refractivity contribution is -0.384. The van der Waals surface area contributed by atoms with Crippen molar-refractivity contribution >= 4 is 23.3 Å². The number of carbonyl (C=O) groups excluding carboxylic acids is 1. The van der Waals surface area contributed by atoms with E-state index < -0.39 is 10.9 Å². The first-order valence-electron chi connectivity index (χ1n) is 6.44. The van der Waals surface area contributed by atoms with Crippen LogP contribution in [0.4, 0.5) is 11.4 Å². The third kappa shape index (κ3) is 3.91. The van der Waals surface area contributed by atoms with Gasteiger partial charge in [0.25, 0.3) is 5.69 Å². The van der Waals surface area contributed by atoms with Gasteiger partial charge in [-0.2, -0.15) is 0 Å². The largest absolute Gasteiger partial charge is 0.478 e. The highest BCUT2D eigenvalue weighted by Gasteiger charge is 2.22. The van der Waals surface area contributed by atoms with E-state index in [9.17, 15) is 19.7 Å². The summed E-state index contributed by atoms with van der Waals surface area (Å²) >= 11 is 0. The van der Waals surface area contributed by atoms with Crippen LogP contribution in [-0.2, 0) is 4.79 Å². The lowest BCUT2D eigenvalue weighted by Crippen LogP contribution is -2.35. The Bertz CT molecular complexity index is 522. The molecule has 21 heavy (non-hydrogen) atoms.